The lowest BCUT2D eigenvalue weighted by molar-refractivity contribution is 0.628. The third-order valence-electron chi connectivity index (χ3n) is 3.98. The molecule has 4 rings (SSSR count). The minimum absolute atomic E-state index is 0.307. The number of nitrogens with one attached hydrogen (secondary N) is 1. The molecule has 0 aliphatic heterocycles. The summed E-state index contributed by atoms with van der Waals surface area (Å²) in [5.41, 5.74) is 2.06. The molecule has 5 heteroatoms. The van der Waals surface area contributed by atoms with Crippen LogP contribution in [0.3, 0.4) is 0 Å². The molecule has 0 saturated heterocycles. The van der Waals surface area contributed by atoms with Gasteiger partial charge < -0.3 is 5.32 Å². The van der Waals surface area contributed by atoms with Gasteiger partial charge in [-0.05, 0) is 43.9 Å². The first-order chi connectivity index (χ1) is 10.2. The summed E-state index contributed by atoms with van der Waals surface area (Å²) < 4.78 is 13.2. The zero-order valence-corrected chi connectivity index (χ0v) is 13.1. The number of rotatable bonds is 5. The second-order valence-electron chi connectivity index (χ2n) is 5.88. The normalized spacial score (nSPS) is 18.2. The van der Waals surface area contributed by atoms with Gasteiger partial charge in [-0.15, -0.1) is 11.3 Å². The number of aromatic nitrogens is 1. The Morgan fingerprint density at radius 1 is 1.29 bits per heavy atom. The molecule has 21 heavy (non-hydrogen) atoms. The van der Waals surface area contributed by atoms with E-state index in [0.29, 0.717) is 17.0 Å². The molecule has 1 heterocycles. The summed E-state index contributed by atoms with van der Waals surface area (Å²) in [5, 5.41) is 4.91. The summed E-state index contributed by atoms with van der Waals surface area (Å²) >= 11 is 7.86. The van der Waals surface area contributed by atoms with Gasteiger partial charge >= 0.3 is 0 Å². The van der Waals surface area contributed by atoms with Gasteiger partial charge in [-0.3, -0.25) is 0 Å². The Balaban J connectivity index is 1.66. The third-order valence-corrected chi connectivity index (χ3v) is 5.40. The van der Waals surface area contributed by atoms with Gasteiger partial charge in [-0.1, -0.05) is 11.6 Å². The van der Waals surface area contributed by atoms with Crippen LogP contribution in [0.15, 0.2) is 18.2 Å². The molecule has 0 bridgehead atoms. The van der Waals surface area contributed by atoms with Gasteiger partial charge in [0.25, 0.3) is 0 Å². The molecule has 2 aliphatic rings. The van der Waals surface area contributed by atoms with Gasteiger partial charge in [0.2, 0.25) is 0 Å². The minimum Gasteiger partial charge on any atom is -0.309 e. The second-order valence-corrected chi connectivity index (χ2v) is 7.37. The third kappa shape index (κ3) is 2.98. The lowest BCUT2D eigenvalue weighted by atomic mass is 10.2. The topological polar surface area (TPSA) is 24.9 Å². The van der Waals surface area contributed by atoms with E-state index < -0.39 is 0 Å². The number of nitrogens with zero attached hydrogens (tertiary/aromatic N) is 1. The monoisotopic (exact) mass is 322 g/mol. The molecule has 0 unspecified atom stereocenters. The van der Waals surface area contributed by atoms with E-state index in [4.69, 9.17) is 16.6 Å². The van der Waals surface area contributed by atoms with E-state index in [0.717, 1.165) is 17.1 Å². The molecule has 2 aromatic rings. The highest BCUT2D eigenvalue weighted by Gasteiger charge is 2.31. The van der Waals surface area contributed by atoms with E-state index >= 15 is 0 Å². The summed E-state index contributed by atoms with van der Waals surface area (Å²) in [5.74, 6) is 0.309. The van der Waals surface area contributed by atoms with Crippen molar-refractivity contribution in [1.82, 2.24) is 10.3 Å². The number of thiazole rings is 1. The van der Waals surface area contributed by atoms with Crippen molar-refractivity contribution >= 4 is 22.9 Å². The molecule has 110 valence electrons. The molecule has 1 N–H and O–H groups in total. The summed E-state index contributed by atoms with van der Waals surface area (Å²) in [6, 6.07) is 5.22. The highest BCUT2D eigenvalue weighted by Crippen LogP contribution is 2.45. The van der Waals surface area contributed by atoms with E-state index in [1.54, 1.807) is 17.4 Å². The van der Waals surface area contributed by atoms with E-state index in [1.165, 1.54) is 48.4 Å². The lowest BCUT2D eigenvalue weighted by Gasteiger charge is -2.01. The molecule has 0 spiro atoms. The Bertz CT molecular complexity index is 677. The van der Waals surface area contributed by atoms with Crippen molar-refractivity contribution in [3.05, 3.63) is 39.6 Å². The molecule has 1 aromatic heterocycles. The van der Waals surface area contributed by atoms with Crippen LogP contribution in [-0.2, 0) is 6.54 Å². The molecule has 0 amide bonds. The van der Waals surface area contributed by atoms with Crippen molar-refractivity contribution in [2.75, 3.05) is 0 Å². The summed E-state index contributed by atoms with van der Waals surface area (Å²) in [6.07, 6.45) is 5.04. The van der Waals surface area contributed by atoms with Gasteiger partial charge in [0.05, 0.1) is 10.7 Å². The number of halogens is 2. The van der Waals surface area contributed by atoms with Crippen LogP contribution < -0.4 is 5.32 Å². The molecule has 2 fully saturated rings. The average Bonchev–Trinajstić information content (AvgIpc) is 3.36. The first-order valence-electron chi connectivity index (χ1n) is 7.39. The van der Waals surface area contributed by atoms with Crippen LogP contribution in [0, 0.1) is 5.82 Å². The zero-order valence-electron chi connectivity index (χ0n) is 11.5. The Morgan fingerprint density at radius 3 is 2.76 bits per heavy atom. The van der Waals surface area contributed by atoms with Crippen molar-refractivity contribution in [3.63, 3.8) is 0 Å². The Kier molecular flexibility index (Phi) is 3.48. The summed E-state index contributed by atoms with van der Waals surface area (Å²) in [4.78, 5) is 6.12. The SMILES string of the molecule is Fc1ccc(-c2nc(C3CC3)c(CNC3CC3)s2)c(Cl)c1. The van der Waals surface area contributed by atoms with Crippen LogP contribution in [0.1, 0.15) is 42.2 Å². The summed E-state index contributed by atoms with van der Waals surface area (Å²) in [7, 11) is 0. The Morgan fingerprint density at radius 2 is 2.10 bits per heavy atom. The van der Waals surface area contributed by atoms with Crippen LogP contribution in [-0.4, -0.2) is 11.0 Å². The second kappa shape index (κ2) is 5.34. The molecule has 2 saturated carbocycles. The van der Waals surface area contributed by atoms with Crippen molar-refractivity contribution < 1.29 is 4.39 Å². The fraction of sp³-hybridized carbons (Fsp3) is 0.438. The van der Waals surface area contributed by atoms with Crippen LogP contribution in [0.2, 0.25) is 5.02 Å². The lowest BCUT2D eigenvalue weighted by Crippen LogP contribution is -2.15. The minimum atomic E-state index is -0.307. The smallest absolute Gasteiger partial charge is 0.125 e. The molecule has 0 atom stereocenters. The van der Waals surface area contributed by atoms with Crippen molar-refractivity contribution in [3.8, 4) is 10.6 Å². The fourth-order valence-electron chi connectivity index (χ4n) is 2.47. The molecule has 0 radical (unpaired) electrons. The number of hydrogen-bond acceptors (Lipinski definition) is 3. The van der Waals surface area contributed by atoms with Gasteiger partial charge in [0.15, 0.2) is 0 Å². The van der Waals surface area contributed by atoms with Gasteiger partial charge in [-0.25, -0.2) is 9.37 Å². The standard InChI is InChI=1S/C16H16ClFN2S/c17-13-7-10(18)3-6-12(13)16-20-15(9-1-2-9)14(21-16)8-19-11-4-5-11/h3,6-7,9,11,19H,1-2,4-5,8H2. The number of hydrogen-bond donors (Lipinski definition) is 1. The predicted octanol–water partition coefficient (Wildman–Crippen LogP) is 4.73. The average molecular weight is 323 g/mol. The molecule has 2 nitrogen and oxygen atoms in total. The highest BCUT2D eigenvalue weighted by atomic mass is 35.5. The van der Waals surface area contributed by atoms with Crippen molar-refractivity contribution in [2.45, 2.75) is 44.2 Å². The molecule has 2 aliphatic carbocycles. The van der Waals surface area contributed by atoms with E-state index in [1.807, 2.05) is 0 Å². The first-order valence-corrected chi connectivity index (χ1v) is 8.58. The zero-order chi connectivity index (χ0) is 14.4. The molecular formula is C16H16ClFN2S. The van der Waals surface area contributed by atoms with Crippen molar-refractivity contribution in [2.24, 2.45) is 0 Å². The molecular weight excluding hydrogens is 307 g/mol. The van der Waals surface area contributed by atoms with E-state index in [9.17, 15) is 4.39 Å². The van der Waals surface area contributed by atoms with Gasteiger partial charge in [-0.2, -0.15) is 0 Å². The largest absolute Gasteiger partial charge is 0.309 e. The van der Waals surface area contributed by atoms with Gasteiger partial charge in [0, 0.05) is 28.9 Å². The van der Waals surface area contributed by atoms with Crippen molar-refractivity contribution in [1.29, 1.82) is 0 Å². The highest BCUT2D eigenvalue weighted by molar-refractivity contribution is 7.15. The quantitative estimate of drug-likeness (QED) is 0.860. The number of benzene rings is 1. The molecule has 1 aromatic carbocycles. The maximum absolute atomic E-state index is 13.2. The van der Waals surface area contributed by atoms with Crippen LogP contribution in [0.5, 0.6) is 0 Å². The maximum Gasteiger partial charge on any atom is 0.125 e. The van der Waals surface area contributed by atoms with Crippen LogP contribution in [0.25, 0.3) is 10.6 Å². The van der Waals surface area contributed by atoms with Gasteiger partial charge in [0.1, 0.15) is 10.8 Å². The summed E-state index contributed by atoms with van der Waals surface area (Å²) in [6.45, 7) is 0.896. The fourth-order valence-corrected chi connectivity index (χ4v) is 3.92. The van der Waals surface area contributed by atoms with Crippen LogP contribution >= 0.6 is 22.9 Å². The Hall–Kier alpha value is -0.970. The first kappa shape index (κ1) is 13.7. The maximum atomic E-state index is 13.2. The van der Waals surface area contributed by atoms with Crippen LogP contribution in [0.4, 0.5) is 4.39 Å². The Labute approximate surface area is 132 Å². The predicted molar refractivity (Wildman–Crippen MR) is 84.4 cm³/mol. The van der Waals surface area contributed by atoms with E-state index in [2.05, 4.69) is 5.32 Å². The van der Waals surface area contributed by atoms with E-state index in [-0.39, 0.29) is 5.82 Å².